The predicted molar refractivity (Wildman–Crippen MR) is 150 cm³/mol. The number of nitrogens with one attached hydrogen (secondary N) is 1. The molecule has 0 radical (unpaired) electrons. The highest BCUT2D eigenvalue weighted by Gasteiger charge is 2.34. The SMILES string of the molecule is CCC(C)(C)C1CCc2c(sc(NC(=O)CSc3nnc(-c4cccs4)n3CC3CCCO3)c2C#N)C1. The van der Waals surface area contributed by atoms with Crippen molar-refractivity contribution in [3.05, 3.63) is 33.5 Å². The molecule has 1 aliphatic carbocycles. The zero-order chi connectivity index (χ0) is 26.0. The molecule has 7 nitrogen and oxygen atoms in total. The number of hydrogen-bond donors (Lipinski definition) is 1. The maximum atomic E-state index is 13.0. The number of thiophene rings is 2. The fraction of sp³-hybridized carbons (Fsp3) is 0.556. The third-order valence-electron chi connectivity index (χ3n) is 7.85. The maximum Gasteiger partial charge on any atom is 0.235 e. The summed E-state index contributed by atoms with van der Waals surface area (Å²) in [6.45, 7) is 8.38. The Balaban J connectivity index is 1.28. The Bertz CT molecular complexity index is 1280. The molecule has 1 fully saturated rings. The molecule has 1 aliphatic heterocycles. The van der Waals surface area contributed by atoms with E-state index in [1.165, 1.54) is 16.6 Å². The normalized spacial score (nSPS) is 19.5. The summed E-state index contributed by atoms with van der Waals surface area (Å²) in [4.78, 5) is 15.3. The van der Waals surface area contributed by atoms with Gasteiger partial charge in [0.1, 0.15) is 11.1 Å². The van der Waals surface area contributed by atoms with E-state index in [0.717, 1.165) is 61.4 Å². The second-order valence-electron chi connectivity index (χ2n) is 10.5. The van der Waals surface area contributed by atoms with Crippen molar-refractivity contribution in [2.24, 2.45) is 11.3 Å². The molecule has 3 aromatic heterocycles. The summed E-state index contributed by atoms with van der Waals surface area (Å²) in [5.41, 5.74) is 2.05. The van der Waals surface area contributed by atoms with Gasteiger partial charge in [-0.05, 0) is 60.4 Å². The lowest BCUT2D eigenvalue weighted by molar-refractivity contribution is -0.113. The number of hydrogen-bond acceptors (Lipinski definition) is 8. The fourth-order valence-corrected chi connectivity index (χ4v) is 7.94. The number of aromatic nitrogens is 3. The summed E-state index contributed by atoms with van der Waals surface area (Å²) in [6.07, 6.45) is 6.34. The van der Waals surface area contributed by atoms with Crippen LogP contribution in [-0.4, -0.2) is 39.1 Å². The molecule has 4 heterocycles. The third kappa shape index (κ3) is 5.65. The number of carbonyl (C=O) groups is 1. The third-order valence-corrected chi connectivity index (χ3v) is 10.8. The highest BCUT2D eigenvalue weighted by molar-refractivity contribution is 7.99. The molecular weight excluding hydrogens is 523 g/mol. The summed E-state index contributed by atoms with van der Waals surface area (Å²) in [5.74, 6) is 1.49. The van der Waals surface area contributed by atoms with Crippen LogP contribution < -0.4 is 5.32 Å². The van der Waals surface area contributed by atoms with Crippen LogP contribution in [0.1, 0.15) is 62.5 Å². The first-order valence-electron chi connectivity index (χ1n) is 13.0. The van der Waals surface area contributed by atoms with Gasteiger partial charge in [-0.15, -0.1) is 32.9 Å². The van der Waals surface area contributed by atoms with E-state index < -0.39 is 0 Å². The molecule has 3 aromatic rings. The van der Waals surface area contributed by atoms with Gasteiger partial charge < -0.3 is 10.1 Å². The first kappa shape index (κ1) is 26.4. The van der Waals surface area contributed by atoms with Crippen LogP contribution in [0.5, 0.6) is 0 Å². The second kappa shape index (κ2) is 11.3. The van der Waals surface area contributed by atoms with E-state index in [4.69, 9.17) is 4.74 Å². The molecule has 0 aromatic carbocycles. The van der Waals surface area contributed by atoms with E-state index in [0.29, 0.717) is 28.2 Å². The van der Waals surface area contributed by atoms with Crippen LogP contribution in [-0.2, 0) is 28.9 Å². The minimum absolute atomic E-state index is 0.130. The molecule has 0 spiro atoms. The molecule has 2 unspecified atom stereocenters. The zero-order valence-electron chi connectivity index (χ0n) is 21.6. The number of anilines is 1. The first-order valence-corrected chi connectivity index (χ1v) is 15.6. The molecule has 2 aliphatic rings. The average Bonchev–Trinajstić information content (AvgIpc) is 3.69. The van der Waals surface area contributed by atoms with Crippen LogP contribution in [0.3, 0.4) is 0 Å². The van der Waals surface area contributed by atoms with E-state index in [1.54, 1.807) is 22.7 Å². The Morgan fingerprint density at radius 2 is 2.24 bits per heavy atom. The Morgan fingerprint density at radius 1 is 1.38 bits per heavy atom. The Labute approximate surface area is 230 Å². The standard InChI is InChI=1S/C27H33N5O2S3/c1-4-27(2,3)17-9-10-19-20(14-28)25(37-22(19)13-17)29-23(33)16-36-26-31-30-24(21-8-6-12-35-21)32(26)15-18-7-5-11-34-18/h6,8,12,17-18H,4-5,7,9-11,13,15-16H2,1-3H3,(H,29,33). The largest absolute Gasteiger partial charge is 0.376 e. The number of thioether (sulfide) groups is 1. The van der Waals surface area contributed by atoms with Crippen molar-refractivity contribution in [1.29, 1.82) is 5.26 Å². The molecule has 1 saturated heterocycles. The molecule has 10 heteroatoms. The van der Waals surface area contributed by atoms with Gasteiger partial charge in [-0.2, -0.15) is 5.26 Å². The van der Waals surface area contributed by atoms with Crippen LogP contribution in [0.25, 0.3) is 10.7 Å². The molecule has 2 atom stereocenters. The minimum Gasteiger partial charge on any atom is -0.376 e. The van der Waals surface area contributed by atoms with Crippen molar-refractivity contribution in [3.8, 4) is 16.8 Å². The highest BCUT2D eigenvalue weighted by Crippen LogP contribution is 2.45. The number of fused-ring (bicyclic) bond motifs is 1. The van der Waals surface area contributed by atoms with Crippen LogP contribution in [0, 0.1) is 22.7 Å². The van der Waals surface area contributed by atoms with Crippen molar-refractivity contribution < 1.29 is 9.53 Å². The molecule has 5 rings (SSSR count). The van der Waals surface area contributed by atoms with Crippen LogP contribution in [0.15, 0.2) is 22.7 Å². The lowest BCUT2D eigenvalue weighted by Gasteiger charge is -2.36. The monoisotopic (exact) mass is 555 g/mol. The maximum absolute atomic E-state index is 13.0. The van der Waals surface area contributed by atoms with Gasteiger partial charge in [0.05, 0.1) is 28.8 Å². The molecule has 0 saturated carbocycles. The second-order valence-corrected chi connectivity index (χ2v) is 13.5. The Hall–Kier alpha value is -2.19. The van der Waals surface area contributed by atoms with Crippen molar-refractivity contribution in [1.82, 2.24) is 14.8 Å². The van der Waals surface area contributed by atoms with Gasteiger partial charge in [0.2, 0.25) is 5.91 Å². The number of nitriles is 1. The lowest BCUT2D eigenvalue weighted by atomic mass is 9.69. The summed E-state index contributed by atoms with van der Waals surface area (Å²) in [5, 5.41) is 25.2. The molecule has 1 amide bonds. The quantitative estimate of drug-likeness (QED) is 0.308. The van der Waals surface area contributed by atoms with Crippen LogP contribution in [0.4, 0.5) is 5.00 Å². The molecule has 1 N–H and O–H groups in total. The van der Waals surface area contributed by atoms with Gasteiger partial charge in [-0.1, -0.05) is 45.0 Å². The van der Waals surface area contributed by atoms with E-state index in [2.05, 4.69) is 46.9 Å². The van der Waals surface area contributed by atoms with Crippen molar-refractivity contribution in [2.45, 2.75) is 77.1 Å². The van der Waals surface area contributed by atoms with Crippen LogP contribution in [0.2, 0.25) is 0 Å². The van der Waals surface area contributed by atoms with Crippen LogP contribution >= 0.6 is 34.4 Å². The number of rotatable bonds is 9. The van der Waals surface area contributed by atoms with E-state index in [-0.39, 0.29) is 23.2 Å². The average molecular weight is 556 g/mol. The smallest absolute Gasteiger partial charge is 0.235 e. The predicted octanol–water partition coefficient (Wildman–Crippen LogP) is 6.39. The summed E-state index contributed by atoms with van der Waals surface area (Å²) >= 11 is 4.59. The zero-order valence-corrected chi connectivity index (χ0v) is 24.0. The lowest BCUT2D eigenvalue weighted by Crippen LogP contribution is -2.28. The van der Waals surface area contributed by atoms with Crippen molar-refractivity contribution in [2.75, 3.05) is 17.7 Å². The minimum atomic E-state index is -0.130. The van der Waals surface area contributed by atoms with Gasteiger partial charge in [0, 0.05) is 11.5 Å². The molecular formula is C27H33N5O2S3. The molecule has 37 heavy (non-hydrogen) atoms. The number of ether oxygens (including phenoxy) is 1. The van der Waals surface area contributed by atoms with Gasteiger partial charge >= 0.3 is 0 Å². The van der Waals surface area contributed by atoms with E-state index >= 15 is 0 Å². The van der Waals surface area contributed by atoms with Gasteiger partial charge in [-0.25, -0.2) is 0 Å². The number of nitrogens with zero attached hydrogens (tertiary/aromatic N) is 4. The van der Waals surface area contributed by atoms with E-state index in [1.807, 2.05) is 17.5 Å². The molecule has 196 valence electrons. The number of amides is 1. The first-order chi connectivity index (χ1) is 17.9. The summed E-state index contributed by atoms with van der Waals surface area (Å²) in [6, 6.07) is 6.41. The van der Waals surface area contributed by atoms with E-state index in [9.17, 15) is 10.1 Å². The Morgan fingerprint density at radius 3 is 2.95 bits per heavy atom. The fourth-order valence-electron chi connectivity index (χ4n) is 5.18. The highest BCUT2D eigenvalue weighted by atomic mass is 32.2. The number of carbonyl (C=O) groups excluding carboxylic acids is 1. The van der Waals surface area contributed by atoms with Gasteiger partial charge in [-0.3, -0.25) is 9.36 Å². The van der Waals surface area contributed by atoms with Gasteiger partial charge in [0.15, 0.2) is 11.0 Å². The Kier molecular flexibility index (Phi) is 8.05. The summed E-state index contributed by atoms with van der Waals surface area (Å²) < 4.78 is 7.95. The topological polar surface area (TPSA) is 92.8 Å². The van der Waals surface area contributed by atoms with Gasteiger partial charge in [0.25, 0.3) is 0 Å². The summed E-state index contributed by atoms with van der Waals surface area (Å²) in [7, 11) is 0. The van der Waals surface area contributed by atoms with Crippen molar-refractivity contribution >= 4 is 45.3 Å². The van der Waals surface area contributed by atoms with Crippen molar-refractivity contribution in [3.63, 3.8) is 0 Å². The molecule has 0 bridgehead atoms.